The number of fused-ring (bicyclic) bond motifs is 2. The third-order valence-electron chi connectivity index (χ3n) is 3.71. The number of aromatic nitrogens is 2. The van der Waals surface area contributed by atoms with Crippen LogP contribution in [0.15, 0.2) is 33.8 Å². The minimum atomic E-state index is -0.329. The first-order chi connectivity index (χ1) is 10.1. The molecule has 0 spiro atoms. The molecule has 4 rings (SSSR count). The van der Waals surface area contributed by atoms with Gasteiger partial charge in [0.25, 0.3) is 5.91 Å². The first-order valence-corrected chi connectivity index (χ1v) is 7.44. The van der Waals surface area contributed by atoms with Crippen molar-refractivity contribution in [1.82, 2.24) is 9.97 Å². The van der Waals surface area contributed by atoms with Crippen LogP contribution in [0.4, 0.5) is 0 Å². The van der Waals surface area contributed by atoms with Gasteiger partial charge >= 0.3 is 0 Å². The van der Waals surface area contributed by atoms with E-state index in [0.717, 1.165) is 32.4 Å². The third kappa shape index (κ3) is 1.86. The number of hydrogen-bond donors (Lipinski definition) is 1. The molecule has 5 nitrogen and oxygen atoms in total. The zero-order valence-electron chi connectivity index (χ0n) is 11.5. The molecule has 1 aromatic heterocycles. The predicted octanol–water partition coefficient (Wildman–Crippen LogP) is 2.93. The Morgan fingerprint density at radius 2 is 2.14 bits per heavy atom. The molecule has 2 aliphatic rings. The summed E-state index contributed by atoms with van der Waals surface area (Å²) in [6.45, 7) is 4.00. The van der Waals surface area contributed by atoms with Gasteiger partial charge in [0.2, 0.25) is 0 Å². The molecule has 21 heavy (non-hydrogen) atoms. The molecule has 1 N–H and O–H groups in total. The van der Waals surface area contributed by atoms with Crippen molar-refractivity contribution in [3.8, 4) is 0 Å². The molecule has 1 unspecified atom stereocenters. The lowest BCUT2D eigenvalue weighted by molar-refractivity contribution is -0.118. The van der Waals surface area contributed by atoms with Crippen LogP contribution in [0, 0.1) is 12.8 Å². The highest BCUT2D eigenvalue weighted by molar-refractivity contribution is 8.22. The molecule has 6 heteroatoms. The van der Waals surface area contributed by atoms with Gasteiger partial charge in [0.15, 0.2) is 0 Å². The molecule has 2 aliphatic heterocycles. The SMILES string of the molecule is CC1=C(c2nc3ccc(C)cc3[nH]2)SC2=NC=NC(=O)C21. The fourth-order valence-corrected chi connectivity index (χ4v) is 3.81. The number of hydrogen-bond acceptors (Lipinski definition) is 4. The lowest BCUT2D eigenvalue weighted by atomic mass is 10.00. The first kappa shape index (κ1) is 12.5. The number of nitrogens with one attached hydrogen (secondary N) is 1. The van der Waals surface area contributed by atoms with Crippen LogP contribution in [0.1, 0.15) is 18.3 Å². The molecule has 2 aromatic rings. The second-order valence-corrected chi connectivity index (χ2v) is 6.23. The van der Waals surface area contributed by atoms with Crippen LogP contribution in [0.5, 0.6) is 0 Å². The minimum Gasteiger partial charge on any atom is -0.337 e. The average molecular weight is 296 g/mol. The maximum absolute atomic E-state index is 11.9. The fourth-order valence-electron chi connectivity index (χ4n) is 2.64. The van der Waals surface area contributed by atoms with E-state index in [9.17, 15) is 4.79 Å². The second-order valence-electron chi connectivity index (χ2n) is 5.20. The number of benzene rings is 1. The number of aliphatic imine (C=N–C) groups is 2. The quantitative estimate of drug-likeness (QED) is 0.879. The topological polar surface area (TPSA) is 70.5 Å². The van der Waals surface area contributed by atoms with E-state index in [4.69, 9.17) is 0 Å². The Morgan fingerprint density at radius 3 is 2.95 bits per heavy atom. The Bertz CT molecular complexity index is 875. The number of imidazole rings is 1. The van der Waals surface area contributed by atoms with Crippen molar-refractivity contribution in [3.05, 3.63) is 35.2 Å². The smallest absolute Gasteiger partial charge is 0.261 e. The number of amides is 1. The standard InChI is InChI=1S/C15H12N4OS/c1-7-3-4-9-10(5-7)19-13(18-9)12-8(2)11-14(20)16-6-17-15(11)21-12/h3-6,11H,1-2H3,(H,18,19). The van der Waals surface area contributed by atoms with Crippen LogP contribution in [0.2, 0.25) is 0 Å². The molecular formula is C15H12N4OS. The predicted molar refractivity (Wildman–Crippen MR) is 85.4 cm³/mol. The van der Waals surface area contributed by atoms with E-state index in [2.05, 4.69) is 26.0 Å². The third-order valence-corrected chi connectivity index (χ3v) is 4.98. The van der Waals surface area contributed by atoms with Crippen LogP contribution >= 0.6 is 11.8 Å². The van der Waals surface area contributed by atoms with E-state index in [0.29, 0.717) is 0 Å². The lowest BCUT2D eigenvalue weighted by Gasteiger charge is -2.09. The Labute approximate surface area is 125 Å². The molecule has 0 saturated carbocycles. The highest BCUT2D eigenvalue weighted by atomic mass is 32.2. The van der Waals surface area contributed by atoms with Gasteiger partial charge in [-0.1, -0.05) is 17.8 Å². The zero-order valence-corrected chi connectivity index (χ0v) is 12.4. The molecule has 0 bridgehead atoms. The highest BCUT2D eigenvalue weighted by Crippen LogP contribution is 2.44. The molecule has 1 atom stereocenters. The van der Waals surface area contributed by atoms with Gasteiger partial charge in [0.1, 0.15) is 18.1 Å². The summed E-state index contributed by atoms with van der Waals surface area (Å²) in [5, 5.41) is 0.791. The van der Waals surface area contributed by atoms with E-state index in [1.165, 1.54) is 23.7 Å². The minimum absolute atomic E-state index is 0.146. The maximum Gasteiger partial charge on any atom is 0.261 e. The molecule has 0 radical (unpaired) electrons. The number of carbonyl (C=O) groups excluding carboxylic acids is 1. The van der Waals surface area contributed by atoms with Gasteiger partial charge in [-0.25, -0.2) is 15.0 Å². The summed E-state index contributed by atoms with van der Waals surface area (Å²) in [4.78, 5) is 28.9. The van der Waals surface area contributed by atoms with Gasteiger partial charge in [0.05, 0.1) is 21.0 Å². The molecule has 0 aliphatic carbocycles. The molecule has 1 aromatic carbocycles. The van der Waals surface area contributed by atoms with Gasteiger partial charge in [-0.05, 0) is 37.1 Å². The van der Waals surface area contributed by atoms with Gasteiger partial charge in [-0.2, -0.15) is 0 Å². The van der Waals surface area contributed by atoms with E-state index in [1.54, 1.807) is 0 Å². The summed E-state index contributed by atoms with van der Waals surface area (Å²) >= 11 is 1.50. The zero-order chi connectivity index (χ0) is 14.6. The van der Waals surface area contributed by atoms with E-state index < -0.39 is 0 Å². The number of carbonyl (C=O) groups is 1. The van der Waals surface area contributed by atoms with E-state index in [1.807, 2.05) is 26.0 Å². The van der Waals surface area contributed by atoms with Gasteiger partial charge in [-0.15, -0.1) is 0 Å². The molecule has 0 saturated heterocycles. The van der Waals surface area contributed by atoms with Gasteiger partial charge in [-0.3, -0.25) is 4.79 Å². The van der Waals surface area contributed by atoms with Crippen molar-refractivity contribution in [2.45, 2.75) is 13.8 Å². The Hall–Kier alpha value is -2.21. The summed E-state index contributed by atoms with van der Waals surface area (Å²) in [6.07, 6.45) is 1.33. The summed E-state index contributed by atoms with van der Waals surface area (Å²) in [7, 11) is 0. The van der Waals surface area contributed by atoms with Gasteiger partial charge in [0, 0.05) is 0 Å². The van der Waals surface area contributed by atoms with Crippen molar-refractivity contribution in [2.24, 2.45) is 15.9 Å². The normalized spacial score (nSPS) is 21.1. The maximum atomic E-state index is 11.9. The van der Waals surface area contributed by atoms with Crippen LogP contribution in [0.3, 0.4) is 0 Å². The Kier molecular flexibility index (Phi) is 2.62. The number of thioether (sulfide) groups is 1. The fraction of sp³-hybridized carbons (Fsp3) is 0.200. The lowest BCUT2D eigenvalue weighted by Crippen LogP contribution is -2.21. The first-order valence-electron chi connectivity index (χ1n) is 6.63. The summed E-state index contributed by atoms with van der Waals surface area (Å²) < 4.78 is 0. The Morgan fingerprint density at radius 1 is 1.29 bits per heavy atom. The number of nitrogens with zero attached hydrogens (tertiary/aromatic N) is 3. The Balaban J connectivity index is 1.83. The van der Waals surface area contributed by atoms with E-state index in [-0.39, 0.29) is 11.8 Å². The van der Waals surface area contributed by atoms with Crippen molar-refractivity contribution in [1.29, 1.82) is 0 Å². The van der Waals surface area contributed by atoms with Crippen LogP contribution in [-0.4, -0.2) is 27.3 Å². The summed E-state index contributed by atoms with van der Waals surface area (Å²) in [6, 6.07) is 6.11. The van der Waals surface area contributed by atoms with Gasteiger partial charge < -0.3 is 4.98 Å². The van der Waals surface area contributed by atoms with Crippen LogP contribution in [0.25, 0.3) is 15.9 Å². The number of rotatable bonds is 1. The summed E-state index contributed by atoms with van der Waals surface area (Å²) in [5.41, 5.74) is 4.08. The molecule has 104 valence electrons. The molecule has 1 amide bonds. The molecule has 0 fully saturated rings. The molecule has 3 heterocycles. The second kappa shape index (κ2) is 4.39. The molecular weight excluding hydrogens is 284 g/mol. The number of aromatic amines is 1. The monoisotopic (exact) mass is 296 g/mol. The van der Waals surface area contributed by atoms with Crippen molar-refractivity contribution >= 4 is 45.0 Å². The van der Waals surface area contributed by atoms with Crippen LogP contribution in [-0.2, 0) is 4.79 Å². The van der Waals surface area contributed by atoms with Crippen LogP contribution < -0.4 is 0 Å². The van der Waals surface area contributed by atoms with Crippen molar-refractivity contribution < 1.29 is 4.79 Å². The number of H-pyrrole nitrogens is 1. The average Bonchev–Trinajstić information content (AvgIpc) is 3.00. The number of aryl methyl sites for hydroxylation is 1. The highest BCUT2D eigenvalue weighted by Gasteiger charge is 2.37. The van der Waals surface area contributed by atoms with Crippen molar-refractivity contribution in [2.75, 3.05) is 0 Å². The largest absolute Gasteiger partial charge is 0.337 e. The van der Waals surface area contributed by atoms with E-state index >= 15 is 0 Å². The van der Waals surface area contributed by atoms with Crippen molar-refractivity contribution in [3.63, 3.8) is 0 Å². The summed E-state index contributed by atoms with van der Waals surface area (Å²) in [5.74, 6) is 0.319.